The minimum atomic E-state index is -3.23. The SMILES string of the molecule is CCCCCCCCCS(=O)(=O)OCC. The largest absolute Gasteiger partial charge is 0.270 e. The van der Waals surface area contributed by atoms with Gasteiger partial charge in [-0.1, -0.05) is 45.4 Å². The van der Waals surface area contributed by atoms with Crippen molar-refractivity contribution in [1.29, 1.82) is 0 Å². The Kier molecular flexibility index (Phi) is 9.10. The van der Waals surface area contributed by atoms with Gasteiger partial charge in [0.1, 0.15) is 0 Å². The van der Waals surface area contributed by atoms with Crippen LogP contribution in [-0.4, -0.2) is 20.8 Å². The Labute approximate surface area is 94.3 Å². The van der Waals surface area contributed by atoms with E-state index in [4.69, 9.17) is 0 Å². The van der Waals surface area contributed by atoms with E-state index >= 15 is 0 Å². The second-order valence-electron chi connectivity index (χ2n) is 3.79. The Balaban J connectivity index is 3.31. The number of unbranched alkanes of at least 4 members (excludes halogenated alkanes) is 6. The van der Waals surface area contributed by atoms with Crippen LogP contribution in [0, 0.1) is 0 Å². The molecule has 0 rings (SSSR count). The fourth-order valence-corrected chi connectivity index (χ4v) is 2.51. The zero-order chi connectivity index (χ0) is 11.6. The summed E-state index contributed by atoms with van der Waals surface area (Å²) in [4.78, 5) is 0. The van der Waals surface area contributed by atoms with Crippen molar-refractivity contribution in [2.75, 3.05) is 12.4 Å². The third-order valence-corrected chi connectivity index (χ3v) is 3.68. The molecule has 0 atom stereocenters. The zero-order valence-corrected chi connectivity index (χ0v) is 10.8. The minimum Gasteiger partial charge on any atom is -0.270 e. The summed E-state index contributed by atoms with van der Waals surface area (Å²) in [5, 5.41) is 0. The van der Waals surface area contributed by atoms with E-state index in [9.17, 15) is 8.42 Å². The lowest BCUT2D eigenvalue weighted by Crippen LogP contribution is -2.10. The molecule has 0 radical (unpaired) electrons. The second kappa shape index (κ2) is 9.16. The average molecular weight is 236 g/mol. The Morgan fingerprint density at radius 2 is 1.40 bits per heavy atom. The highest BCUT2D eigenvalue weighted by Gasteiger charge is 2.08. The highest BCUT2D eigenvalue weighted by molar-refractivity contribution is 7.86. The van der Waals surface area contributed by atoms with Gasteiger partial charge in [0.25, 0.3) is 10.1 Å². The summed E-state index contributed by atoms with van der Waals surface area (Å²) in [6.45, 7) is 4.13. The molecule has 0 aliphatic heterocycles. The predicted molar refractivity (Wildman–Crippen MR) is 63.4 cm³/mol. The third kappa shape index (κ3) is 10.2. The molecule has 0 bridgehead atoms. The Morgan fingerprint density at radius 3 is 1.93 bits per heavy atom. The van der Waals surface area contributed by atoms with E-state index in [0.29, 0.717) is 0 Å². The molecule has 0 fully saturated rings. The number of rotatable bonds is 10. The van der Waals surface area contributed by atoms with Crippen LogP contribution in [0.4, 0.5) is 0 Å². The molecule has 4 heteroatoms. The normalized spacial score (nSPS) is 11.9. The van der Waals surface area contributed by atoms with Gasteiger partial charge in [0.05, 0.1) is 12.4 Å². The van der Waals surface area contributed by atoms with Crippen molar-refractivity contribution in [1.82, 2.24) is 0 Å². The summed E-state index contributed by atoms with van der Waals surface area (Å²) in [5.41, 5.74) is 0. The molecule has 0 saturated carbocycles. The standard InChI is InChI=1S/C11H24O3S/c1-3-5-6-7-8-9-10-11-15(12,13)14-4-2/h3-11H2,1-2H3. The molecule has 0 spiro atoms. The van der Waals surface area contributed by atoms with Gasteiger partial charge in [0.15, 0.2) is 0 Å². The Morgan fingerprint density at radius 1 is 0.867 bits per heavy atom. The molecule has 0 N–H and O–H groups in total. The lowest BCUT2D eigenvalue weighted by Gasteiger charge is -2.03. The van der Waals surface area contributed by atoms with Gasteiger partial charge in [0, 0.05) is 0 Å². The quantitative estimate of drug-likeness (QED) is 0.432. The van der Waals surface area contributed by atoms with Crippen LogP contribution >= 0.6 is 0 Å². The van der Waals surface area contributed by atoms with Crippen molar-refractivity contribution in [2.24, 2.45) is 0 Å². The van der Waals surface area contributed by atoms with E-state index in [0.717, 1.165) is 19.3 Å². The molecule has 0 aromatic heterocycles. The molecule has 15 heavy (non-hydrogen) atoms. The lowest BCUT2D eigenvalue weighted by molar-refractivity contribution is 0.337. The molecule has 0 aliphatic rings. The number of hydrogen-bond donors (Lipinski definition) is 0. The molecule has 0 aromatic rings. The molecule has 0 heterocycles. The highest BCUT2D eigenvalue weighted by atomic mass is 32.2. The second-order valence-corrected chi connectivity index (χ2v) is 5.55. The Hall–Kier alpha value is -0.0900. The van der Waals surface area contributed by atoms with Crippen molar-refractivity contribution in [2.45, 2.75) is 58.8 Å². The predicted octanol–water partition coefficient (Wildman–Crippen LogP) is 3.10. The first kappa shape index (κ1) is 14.9. The smallest absolute Gasteiger partial charge is 0.267 e. The van der Waals surface area contributed by atoms with E-state index in [1.807, 2.05) is 0 Å². The van der Waals surface area contributed by atoms with Crippen LogP contribution in [0.15, 0.2) is 0 Å². The van der Waals surface area contributed by atoms with Crippen LogP contribution in [0.1, 0.15) is 58.8 Å². The molecule has 92 valence electrons. The van der Waals surface area contributed by atoms with Crippen molar-refractivity contribution < 1.29 is 12.6 Å². The van der Waals surface area contributed by atoms with Gasteiger partial charge < -0.3 is 0 Å². The maximum Gasteiger partial charge on any atom is 0.267 e. The third-order valence-electron chi connectivity index (χ3n) is 2.30. The van der Waals surface area contributed by atoms with Gasteiger partial charge in [-0.3, -0.25) is 4.18 Å². The van der Waals surface area contributed by atoms with Gasteiger partial charge in [0.2, 0.25) is 0 Å². The van der Waals surface area contributed by atoms with E-state index in [1.54, 1.807) is 6.92 Å². The fourth-order valence-electron chi connectivity index (χ4n) is 1.47. The van der Waals surface area contributed by atoms with Gasteiger partial charge in [-0.05, 0) is 13.3 Å². The fraction of sp³-hybridized carbons (Fsp3) is 1.00. The first-order chi connectivity index (χ1) is 7.12. The zero-order valence-electron chi connectivity index (χ0n) is 10.00. The van der Waals surface area contributed by atoms with Crippen LogP contribution < -0.4 is 0 Å². The maximum absolute atomic E-state index is 11.1. The van der Waals surface area contributed by atoms with Gasteiger partial charge in [-0.25, -0.2) is 0 Å². The van der Waals surface area contributed by atoms with Crippen LogP contribution in [0.3, 0.4) is 0 Å². The van der Waals surface area contributed by atoms with Crippen LogP contribution in [0.2, 0.25) is 0 Å². The molecule has 0 amide bonds. The maximum atomic E-state index is 11.1. The van der Waals surface area contributed by atoms with E-state index in [1.165, 1.54) is 25.7 Å². The molecule has 0 unspecified atom stereocenters. The van der Waals surface area contributed by atoms with Crippen molar-refractivity contribution in [3.8, 4) is 0 Å². The van der Waals surface area contributed by atoms with Crippen LogP contribution in [0.25, 0.3) is 0 Å². The average Bonchev–Trinajstić information content (AvgIpc) is 2.16. The summed E-state index contributed by atoms with van der Waals surface area (Å²) < 4.78 is 26.9. The minimum absolute atomic E-state index is 0.175. The lowest BCUT2D eigenvalue weighted by atomic mass is 10.1. The summed E-state index contributed by atoms with van der Waals surface area (Å²) in [7, 11) is -3.23. The van der Waals surface area contributed by atoms with E-state index in [2.05, 4.69) is 11.1 Å². The number of hydrogen-bond acceptors (Lipinski definition) is 3. The van der Waals surface area contributed by atoms with E-state index in [-0.39, 0.29) is 12.4 Å². The summed E-state index contributed by atoms with van der Waals surface area (Å²) in [6.07, 6.45) is 7.90. The monoisotopic (exact) mass is 236 g/mol. The first-order valence-corrected chi connectivity index (χ1v) is 7.57. The van der Waals surface area contributed by atoms with E-state index < -0.39 is 10.1 Å². The van der Waals surface area contributed by atoms with Gasteiger partial charge in [-0.2, -0.15) is 8.42 Å². The summed E-state index contributed by atoms with van der Waals surface area (Å²) in [5.74, 6) is 0.175. The topological polar surface area (TPSA) is 43.4 Å². The molecule has 0 saturated heterocycles. The Bertz CT molecular complexity index is 222. The van der Waals surface area contributed by atoms with Gasteiger partial charge >= 0.3 is 0 Å². The van der Waals surface area contributed by atoms with Crippen molar-refractivity contribution in [3.05, 3.63) is 0 Å². The first-order valence-electron chi connectivity index (χ1n) is 5.99. The van der Waals surface area contributed by atoms with Crippen molar-refractivity contribution >= 4 is 10.1 Å². The summed E-state index contributed by atoms with van der Waals surface area (Å²) in [6, 6.07) is 0. The molecular formula is C11H24O3S. The molecular weight excluding hydrogens is 212 g/mol. The van der Waals surface area contributed by atoms with Crippen LogP contribution in [-0.2, 0) is 14.3 Å². The van der Waals surface area contributed by atoms with Crippen molar-refractivity contribution in [3.63, 3.8) is 0 Å². The van der Waals surface area contributed by atoms with Crippen LogP contribution in [0.5, 0.6) is 0 Å². The summed E-state index contributed by atoms with van der Waals surface area (Å²) >= 11 is 0. The highest BCUT2D eigenvalue weighted by Crippen LogP contribution is 2.08. The van der Waals surface area contributed by atoms with Gasteiger partial charge in [-0.15, -0.1) is 0 Å². The molecule has 3 nitrogen and oxygen atoms in total. The molecule has 0 aromatic carbocycles. The molecule has 0 aliphatic carbocycles.